The summed E-state index contributed by atoms with van der Waals surface area (Å²) in [6.45, 7) is 4.44. The average Bonchev–Trinajstić information content (AvgIpc) is 2.50. The van der Waals surface area contributed by atoms with Gasteiger partial charge in [0.2, 0.25) is 0 Å². The molecule has 2 aliphatic rings. The maximum absolute atomic E-state index is 12.0. The van der Waals surface area contributed by atoms with Gasteiger partial charge in [-0.25, -0.2) is 0 Å². The van der Waals surface area contributed by atoms with E-state index in [4.69, 9.17) is 11.6 Å². The highest BCUT2D eigenvalue weighted by Crippen LogP contribution is 2.25. The van der Waals surface area contributed by atoms with Crippen LogP contribution in [-0.2, 0) is 0 Å². The fraction of sp³-hybridized carbons (Fsp3) is 0.588. The van der Waals surface area contributed by atoms with Crippen LogP contribution in [0.4, 0.5) is 5.69 Å². The molecule has 0 atom stereocenters. The fourth-order valence-corrected chi connectivity index (χ4v) is 3.59. The van der Waals surface area contributed by atoms with Crippen molar-refractivity contribution in [2.24, 2.45) is 0 Å². The van der Waals surface area contributed by atoms with E-state index in [1.165, 1.54) is 17.7 Å². The van der Waals surface area contributed by atoms with E-state index < -0.39 is 0 Å². The van der Waals surface area contributed by atoms with Gasteiger partial charge in [0, 0.05) is 38.9 Å². The summed E-state index contributed by atoms with van der Waals surface area (Å²) < 4.78 is 0. The number of nitrogens with zero attached hydrogens (tertiary/aromatic N) is 2. The first-order valence-corrected chi connectivity index (χ1v) is 8.65. The van der Waals surface area contributed by atoms with Gasteiger partial charge in [0.05, 0.1) is 16.6 Å². The van der Waals surface area contributed by atoms with Gasteiger partial charge in [0.15, 0.2) is 0 Å². The van der Waals surface area contributed by atoms with Crippen LogP contribution in [-0.4, -0.2) is 68.1 Å². The number of benzene rings is 1. The SMILES string of the molecule is CN(C)C(=O)c1ccc(NC2CN(C3CCNCC3)C2)cc1Cl.Cl. The lowest BCUT2D eigenvalue weighted by Crippen LogP contribution is -2.60. The number of carbonyl (C=O) groups excluding carboxylic acids is 1. The largest absolute Gasteiger partial charge is 0.380 e. The minimum absolute atomic E-state index is 0. The van der Waals surface area contributed by atoms with Crippen LogP contribution >= 0.6 is 24.0 Å². The Morgan fingerprint density at radius 2 is 1.96 bits per heavy atom. The zero-order valence-corrected chi connectivity index (χ0v) is 15.8. The summed E-state index contributed by atoms with van der Waals surface area (Å²) in [6.07, 6.45) is 2.50. The second-order valence-corrected chi connectivity index (χ2v) is 7.08. The van der Waals surface area contributed by atoms with E-state index in [0.29, 0.717) is 16.6 Å². The van der Waals surface area contributed by atoms with Crippen LogP contribution in [0.25, 0.3) is 0 Å². The summed E-state index contributed by atoms with van der Waals surface area (Å²) in [7, 11) is 3.46. The lowest BCUT2D eigenvalue weighted by atomic mass is 9.98. The summed E-state index contributed by atoms with van der Waals surface area (Å²) in [5, 5.41) is 7.43. The molecule has 1 aromatic carbocycles. The van der Waals surface area contributed by atoms with Crippen molar-refractivity contribution in [3.8, 4) is 0 Å². The first-order valence-electron chi connectivity index (χ1n) is 8.27. The number of anilines is 1. The van der Waals surface area contributed by atoms with Gasteiger partial charge in [-0.3, -0.25) is 9.69 Å². The fourth-order valence-electron chi connectivity index (χ4n) is 3.33. The molecular weight excluding hydrogens is 347 g/mol. The summed E-state index contributed by atoms with van der Waals surface area (Å²) in [4.78, 5) is 16.1. The molecule has 24 heavy (non-hydrogen) atoms. The number of amides is 1. The van der Waals surface area contributed by atoms with Crippen molar-refractivity contribution in [1.29, 1.82) is 0 Å². The number of rotatable bonds is 4. The molecule has 2 fully saturated rings. The van der Waals surface area contributed by atoms with Gasteiger partial charge in [-0.2, -0.15) is 0 Å². The van der Waals surface area contributed by atoms with Gasteiger partial charge >= 0.3 is 0 Å². The zero-order chi connectivity index (χ0) is 16.4. The number of piperidine rings is 1. The first-order chi connectivity index (χ1) is 11.0. The van der Waals surface area contributed by atoms with Gasteiger partial charge < -0.3 is 15.5 Å². The summed E-state index contributed by atoms with van der Waals surface area (Å²) in [5.41, 5.74) is 1.53. The molecule has 134 valence electrons. The van der Waals surface area contributed by atoms with Gasteiger partial charge in [-0.1, -0.05) is 11.6 Å². The molecule has 2 heterocycles. The standard InChI is InChI=1S/C17H25ClN4O.ClH/c1-21(2)17(23)15-4-3-12(9-16(15)18)20-13-10-22(11-13)14-5-7-19-8-6-14;/h3-4,9,13-14,19-20H,5-8,10-11H2,1-2H3;1H. The molecule has 0 radical (unpaired) electrons. The van der Waals surface area contributed by atoms with Gasteiger partial charge in [0.25, 0.3) is 5.91 Å². The Balaban J connectivity index is 0.00000208. The molecule has 0 bridgehead atoms. The normalized spacial score (nSPS) is 19.3. The molecule has 7 heteroatoms. The Kier molecular flexibility index (Phi) is 6.75. The second-order valence-electron chi connectivity index (χ2n) is 6.67. The van der Waals surface area contributed by atoms with Gasteiger partial charge in [-0.05, 0) is 44.1 Å². The molecule has 0 aromatic heterocycles. The first kappa shape index (κ1) is 19.3. The van der Waals surface area contributed by atoms with Crippen LogP contribution in [0.5, 0.6) is 0 Å². The number of halogens is 2. The maximum atomic E-state index is 12.0. The minimum atomic E-state index is -0.0673. The highest BCUT2D eigenvalue weighted by molar-refractivity contribution is 6.34. The molecule has 1 amide bonds. The van der Waals surface area contributed by atoms with Gasteiger partial charge in [-0.15, -0.1) is 12.4 Å². The monoisotopic (exact) mass is 372 g/mol. The lowest BCUT2D eigenvalue weighted by molar-refractivity contribution is 0.0826. The van der Waals surface area contributed by atoms with Crippen molar-refractivity contribution < 1.29 is 4.79 Å². The topological polar surface area (TPSA) is 47.6 Å². The molecule has 2 N–H and O–H groups in total. The van der Waals surface area contributed by atoms with E-state index in [1.807, 2.05) is 12.1 Å². The molecule has 0 spiro atoms. The predicted molar refractivity (Wildman–Crippen MR) is 102 cm³/mol. The van der Waals surface area contributed by atoms with E-state index in [9.17, 15) is 4.79 Å². The molecule has 2 saturated heterocycles. The molecule has 0 saturated carbocycles. The average molecular weight is 373 g/mol. The zero-order valence-electron chi connectivity index (χ0n) is 14.2. The van der Waals surface area contributed by atoms with Crippen LogP contribution in [0.15, 0.2) is 18.2 Å². The number of hydrogen-bond acceptors (Lipinski definition) is 4. The quantitative estimate of drug-likeness (QED) is 0.851. The van der Waals surface area contributed by atoms with Crippen molar-refractivity contribution in [2.45, 2.75) is 24.9 Å². The molecule has 0 unspecified atom stereocenters. The van der Waals surface area contributed by atoms with Crippen molar-refractivity contribution in [3.05, 3.63) is 28.8 Å². The van der Waals surface area contributed by atoms with E-state index in [0.717, 1.165) is 37.9 Å². The van der Waals surface area contributed by atoms with Crippen molar-refractivity contribution >= 4 is 35.6 Å². The van der Waals surface area contributed by atoms with E-state index in [1.54, 1.807) is 20.2 Å². The minimum Gasteiger partial charge on any atom is -0.380 e. The number of hydrogen-bond donors (Lipinski definition) is 2. The van der Waals surface area contributed by atoms with Crippen LogP contribution in [0.3, 0.4) is 0 Å². The third-order valence-electron chi connectivity index (χ3n) is 4.71. The number of carbonyl (C=O) groups is 1. The number of likely N-dealkylation sites (tertiary alicyclic amines) is 1. The summed E-state index contributed by atoms with van der Waals surface area (Å²) >= 11 is 6.26. The molecule has 5 nitrogen and oxygen atoms in total. The highest BCUT2D eigenvalue weighted by Gasteiger charge is 2.32. The van der Waals surface area contributed by atoms with Crippen molar-refractivity contribution in [3.63, 3.8) is 0 Å². The predicted octanol–water partition coefficient (Wildman–Crippen LogP) is 2.31. The molecule has 1 aromatic rings. The molecule has 0 aliphatic carbocycles. The van der Waals surface area contributed by atoms with E-state index in [2.05, 4.69) is 15.5 Å². The van der Waals surface area contributed by atoms with Crippen molar-refractivity contribution in [1.82, 2.24) is 15.1 Å². The summed E-state index contributed by atoms with van der Waals surface area (Å²) in [5.74, 6) is -0.0673. The Morgan fingerprint density at radius 3 is 2.54 bits per heavy atom. The third-order valence-corrected chi connectivity index (χ3v) is 5.02. The van der Waals surface area contributed by atoms with Crippen LogP contribution in [0.1, 0.15) is 23.2 Å². The Labute approximate surface area is 155 Å². The molecular formula is C17H26Cl2N4O. The van der Waals surface area contributed by atoms with E-state index in [-0.39, 0.29) is 18.3 Å². The third kappa shape index (κ3) is 4.33. The lowest BCUT2D eigenvalue weighted by Gasteiger charge is -2.46. The van der Waals surface area contributed by atoms with Crippen LogP contribution in [0, 0.1) is 0 Å². The van der Waals surface area contributed by atoms with Crippen LogP contribution in [0.2, 0.25) is 5.02 Å². The Morgan fingerprint density at radius 1 is 1.29 bits per heavy atom. The van der Waals surface area contributed by atoms with Crippen molar-refractivity contribution in [2.75, 3.05) is 45.6 Å². The Bertz CT molecular complexity index is 570. The summed E-state index contributed by atoms with van der Waals surface area (Å²) in [6, 6.07) is 6.80. The van der Waals surface area contributed by atoms with Crippen LogP contribution < -0.4 is 10.6 Å². The smallest absolute Gasteiger partial charge is 0.254 e. The van der Waals surface area contributed by atoms with E-state index >= 15 is 0 Å². The highest BCUT2D eigenvalue weighted by atomic mass is 35.5. The molecule has 2 aliphatic heterocycles. The van der Waals surface area contributed by atoms with Gasteiger partial charge in [0.1, 0.15) is 0 Å². The molecule has 3 rings (SSSR count). The number of nitrogens with one attached hydrogen (secondary N) is 2. The Hall–Kier alpha value is -1.01. The maximum Gasteiger partial charge on any atom is 0.254 e. The second kappa shape index (κ2) is 8.39.